The minimum Gasteiger partial charge on any atom is -0.450 e. The second-order valence-corrected chi connectivity index (χ2v) is 6.38. The average molecular weight is 350 g/mol. The number of carbonyl (C=O) groups excluding carboxylic acids is 1. The highest BCUT2D eigenvalue weighted by atomic mass is 16.6. The number of nitrogens with zero attached hydrogens (tertiary/aromatic N) is 4. The second kappa shape index (κ2) is 9.29. The van der Waals surface area contributed by atoms with Crippen LogP contribution in [-0.2, 0) is 11.3 Å². The summed E-state index contributed by atoms with van der Waals surface area (Å²) in [5.74, 6) is 0.475. The summed E-state index contributed by atoms with van der Waals surface area (Å²) in [5.41, 5.74) is 8.18. The lowest BCUT2D eigenvalue weighted by Crippen LogP contribution is -2.48. The summed E-state index contributed by atoms with van der Waals surface area (Å²) < 4.78 is 7.02. The topological polar surface area (TPSA) is 97.8 Å². The SMILES string of the molecule is CCOC(=O)N1CCC(NC(N)=NCCCn2nc(C)cc2C)CC1. The van der Waals surface area contributed by atoms with E-state index in [2.05, 4.69) is 28.4 Å². The number of hydrogen-bond acceptors (Lipinski definition) is 4. The predicted molar refractivity (Wildman–Crippen MR) is 97.6 cm³/mol. The number of nitrogens with two attached hydrogens (primary N) is 1. The third-order valence-corrected chi connectivity index (χ3v) is 4.29. The first-order valence-electron chi connectivity index (χ1n) is 8.98. The van der Waals surface area contributed by atoms with E-state index in [-0.39, 0.29) is 12.1 Å². The molecule has 0 aromatic carbocycles. The van der Waals surface area contributed by atoms with E-state index in [1.54, 1.807) is 4.90 Å². The van der Waals surface area contributed by atoms with E-state index in [1.165, 1.54) is 5.69 Å². The number of aryl methyl sites for hydroxylation is 3. The van der Waals surface area contributed by atoms with Gasteiger partial charge in [-0.25, -0.2) is 4.79 Å². The molecule has 0 spiro atoms. The van der Waals surface area contributed by atoms with Crippen LogP contribution in [0.3, 0.4) is 0 Å². The van der Waals surface area contributed by atoms with Crippen LogP contribution in [0.25, 0.3) is 0 Å². The molecule has 1 saturated heterocycles. The number of ether oxygens (including phenoxy) is 1. The number of amides is 1. The maximum Gasteiger partial charge on any atom is 0.409 e. The van der Waals surface area contributed by atoms with Gasteiger partial charge in [-0.15, -0.1) is 0 Å². The van der Waals surface area contributed by atoms with Crippen LogP contribution in [-0.4, -0.2) is 59.0 Å². The van der Waals surface area contributed by atoms with Gasteiger partial charge in [0, 0.05) is 37.9 Å². The van der Waals surface area contributed by atoms with Crippen LogP contribution in [0.1, 0.15) is 37.6 Å². The van der Waals surface area contributed by atoms with Crippen molar-refractivity contribution in [2.75, 3.05) is 26.2 Å². The number of aliphatic imine (C=N–C) groups is 1. The summed E-state index contributed by atoms with van der Waals surface area (Å²) in [4.78, 5) is 17.8. The molecule has 1 aromatic heterocycles. The summed E-state index contributed by atoms with van der Waals surface area (Å²) >= 11 is 0. The Morgan fingerprint density at radius 2 is 2.16 bits per heavy atom. The second-order valence-electron chi connectivity index (χ2n) is 6.38. The van der Waals surface area contributed by atoms with Crippen molar-refractivity contribution in [1.29, 1.82) is 0 Å². The van der Waals surface area contributed by atoms with E-state index >= 15 is 0 Å². The minimum absolute atomic E-state index is 0.230. The van der Waals surface area contributed by atoms with Gasteiger partial charge in [-0.05, 0) is 46.1 Å². The monoisotopic (exact) mass is 350 g/mol. The van der Waals surface area contributed by atoms with Gasteiger partial charge < -0.3 is 20.7 Å². The lowest BCUT2D eigenvalue weighted by molar-refractivity contribution is 0.0963. The van der Waals surface area contributed by atoms with Crippen LogP contribution in [0.4, 0.5) is 4.79 Å². The van der Waals surface area contributed by atoms with Crippen molar-refractivity contribution in [2.24, 2.45) is 10.7 Å². The van der Waals surface area contributed by atoms with Gasteiger partial charge in [0.1, 0.15) is 0 Å². The van der Waals surface area contributed by atoms with E-state index in [1.807, 2.05) is 18.5 Å². The van der Waals surface area contributed by atoms with Gasteiger partial charge in [-0.1, -0.05) is 0 Å². The lowest BCUT2D eigenvalue weighted by Gasteiger charge is -2.31. The Hall–Kier alpha value is -2.25. The molecule has 1 aliphatic heterocycles. The van der Waals surface area contributed by atoms with Gasteiger partial charge in [-0.3, -0.25) is 9.67 Å². The first kappa shape index (κ1) is 19.1. The quantitative estimate of drug-likeness (QED) is 0.459. The van der Waals surface area contributed by atoms with Crippen molar-refractivity contribution >= 4 is 12.1 Å². The molecule has 0 bridgehead atoms. The Morgan fingerprint density at radius 3 is 2.76 bits per heavy atom. The molecule has 2 heterocycles. The summed E-state index contributed by atoms with van der Waals surface area (Å²) in [6, 6.07) is 2.33. The third kappa shape index (κ3) is 5.95. The molecular formula is C17H30N6O2. The molecule has 1 aromatic rings. The van der Waals surface area contributed by atoms with Crippen LogP contribution in [0.2, 0.25) is 0 Å². The number of rotatable bonds is 6. The van der Waals surface area contributed by atoms with E-state index < -0.39 is 0 Å². The summed E-state index contributed by atoms with van der Waals surface area (Å²) in [5, 5.41) is 7.68. The largest absolute Gasteiger partial charge is 0.450 e. The zero-order valence-corrected chi connectivity index (χ0v) is 15.5. The Morgan fingerprint density at radius 1 is 1.44 bits per heavy atom. The number of aromatic nitrogens is 2. The fourth-order valence-electron chi connectivity index (χ4n) is 3.00. The molecule has 1 aliphatic rings. The van der Waals surface area contributed by atoms with Crippen LogP contribution >= 0.6 is 0 Å². The van der Waals surface area contributed by atoms with Crippen LogP contribution in [0.15, 0.2) is 11.1 Å². The van der Waals surface area contributed by atoms with Crippen LogP contribution < -0.4 is 11.1 Å². The number of nitrogens with one attached hydrogen (secondary N) is 1. The van der Waals surface area contributed by atoms with E-state index in [4.69, 9.17) is 10.5 Å². The fraction of sp³-hybridized carbons (Fsp3) is 0.706. The molecule has 0 radical (unpaired) electrons. The van der Waals surface area contributed by atoms with Gasteiger partial charge in [-0.2, -0.15) is 5.10 Å². The summed E-state index contributed by atoms with van der Waals surface area (Å²) in [6.45, 7) is 9.15. The molecule has 0 saturated carbocycles. The number of piperidine rings is 1. The highest BCUT2D eigenvalue weighted by Gasteiger charge is 2.23. The lowest BCUT2D eigenvalue weighted by atomic mass is 10.1. The number of guanidine groups is 1. The highest BCUT2D eigenvalue weighted by Crippen LogP contribution is 2.11. The average Bonchev–Trinajstić information content (AvgIpc) is 2.90. The number of carbonyl (C=O) groups is 1. The predicted octanol–water partition coefficient (Wildman–Crippen LogP) is 1.42. The molecule has 1 fully saturated rings. The maximum absolute atomic E-state index is 11.7. The van der Waals surface area contributed by atoms with E-state index in [0.717, 1.165) is 31.5 Å². The molecule has 0 atom stereocenters. The Kier molecular flexibility index (Phi) is 7.09. The highest BCUT2D eigenvalue weighted by molar-refractivity contribution is 5.78. The van der Waals surface area contributed by atoms with Gasteiger partial charge in [0.25, 0.3) is 0 Å². The molecule has 0 unspecified atom stereocenters. The molecule has 25 heavy (non-hydrogen) atoms. The van der Waals surface area contributed by atoms with Gasteiger partial charge in [0.2, 0.25) is 0 Å². The van der Waals surface area contributed by atoms with E-state index in [0.29, 0.717) is 32.2 Å². The normalized spacial score (nSPS) is 16.1. The zero-order valence-electron chi connectivity index (χ0n) is 15.5. The van der Waals surface area contributed by atoms with Crippen molar-refractivity contribution in [3.05, 3.63) is 17.5 Å². The van der Waals surface area contributed by atoms with Crippen molar-refractivity contribution in [3.63, 3.8) is 0 Å². The fourth-order valence-corrected chi connectivity index (χ4v) is 3.00. The molecule has 3 N–H and O–H groups in total. The first-order chi connectivity index (χ1) is 12.0. The Labute approximate surface area is 149 Å². The number of likely N-dealkylation sites (tertiary alicyclic amines) is 1. The maximum atomic E-state index is 11.7. The van der Waals surface area contributed by atoms with Crippen molar-refractivity contribution in [3.8, 4) is 0 Å². The van der Waals surface area contributed by atoms with Gasteiger partial charge in [0.05, 0.1) is 12.3 Å². The molecule has 2 rings (SSSR count). The van der Waals surface area contributed by atoms with E-state index in [9.17, 15) is 4.79 Å². The molecule has 8 heteroatoms. The van der Waals surface area contributed by atoms with Gasteiger partial charge >= 0.3 is 6.09 Å². The van der Waals surface area contributed by atoms with Crippen molar-refractivity contribution < 1.29 is 9.53 Å². The molecule has 140 valence electrons. The molecular weight excluding hydrogens is 320 g/mol. The Balaban J connectivity index is 1.66. The standard InChI is InChI=1S/C17H30N6O2/c1-4-25-17(24)22-10-6-15(7-11-22)20-16(18)19-8-5-9-23-14(3)12-13(2)21-23/h12,15H,4-11H2,1-3H3,(H3,18,19,20). The van der Waals surface area contributed by atoms with Crippen LogP contribution in [0, 0.1) is 13.8 Å². The van der Waals surface area contributed by atoms with Crippen molar-refractivity contribution in [1.82, 2.24) is 20.0 Å². The van der Waals surface area contributed by atoms with Gasteiger partial charge in [0.15, 0.2) is 5.96 Å². The third-order valence-electron chi connectivity index (χ3n) is 4.29. The van der Waals surface area contributed by atoms with Crippen LogP contribution in [0.5, 0.6) is 0 Å². The smallest absolute Gasteiger partial charge is 0.409 e. The zero-order chi connectivity index (χ0) is 18.2. The Bertz CT molecular complexity index is 590. The molecule has 1 amide bonds. The molecule has 8 nitrogen and oxygen atoms in total. The summed E-state index contributed by atoms with van der Waals surface area (Å²) in [6.07, 6.45) is 2.36. The molecule has 0 aliphatic carbocycles. The first-order valence-corrected chi connectivity index (χ1v) is 8.98. The summed E-state index contributed by atoms with van der Waals surface area (Å²) in [7, 11) is 0. The number of hydrogen-bond donors (Lipinski definition) is 2. The minimum atomic E-state index is -0.230. The van der Waals surface area contributed by atoms with Crippen molar-refractivity contribution in [2.45, 2.75) is 52.6 Å².